The maximum atomic E-state index is 12.9. The number of ether oxygens (including phenoxy) is 3. The van der Waals surface area contributed by atoms with Crippen molar-refractivity contribution in [1.82, 2.24) is 0 Å². The van der Waals surface area contributed by atoms with Crippen LogP contribution in [0, 0.1) is 0 Å². The van der Waals surface area contributed by atoms with Crippen LogP contribution in [0.4, 0.5) is 0 Å². The highest BCUT2D eigenvalue weighted by atomic mass is 16.6. The second-order valence-electron chi connectivity index (χ2n) is 20.5. The number of carbonyl (C=O) groups is 3. The number of unbranched alkanes of at least 4 members (excludes halogenated alkanes) is 19. The Bertz CT molecular complexity index is 1780. The van der Waals surface area contributed by atoms with Gasteiger partial charge in [-0.25, -0.2) is 0 Å². The van der Waals surface area contributed by atoms with Gasteiger partial charge in [0.15, 0.2) is 6.10 Å². The van der Waals surface area contributed by atoms with Gasteiger partial charge in [-0.1, -0.05) is 256 Å². The van der Waals surface area contributed by atoms with Gasteiger partial charge in [-0.2, -0.15) is 0 Å². The average Bonchev–Trinajstić information content (AvgIpc) is 3.45. The summed E-state index contributed by atoms with van der Waals surface area (Å²) in [6.45, 7) is 6.33. The third-order valence-corrected chi connectivity index (χ3v) is 13.0. The zero-order chi connectivity index (χ0) is 57.1. The molecule has 0 aromatic heterocycles. The van der Waals surface area contributed by atoms with Crippen molar-refractivity contribution in [1.29, 1.82) is 0 Å². The number of hydrogen-bond donors (Lipinski definition) is 0. The predicted octanol–water partition coefficient (Wildman–Crippen LogP) is 22.1. The quantitative estimate of drug-likeness (QED) is 0.0261. The zero-order valence-electron chi connectivity index (χ0n) is 50.8. The fraction of sp³-hybridized carbons (Fsp3) is 0.603. The minimum Gasteiger partial charge on any atom is -0.462 e. The topological polar surface area (TPSA) is 78.9 Å². The van der Waals surface area contributed by atoms with Crippen molar-refractivity contribution < 1.29 is 28.6 Å². The van der Waals surface area contributed by atoms with Crippen LogP contribution in [0.25, 0.3) is 0 Å². The summed E-state index contributed by atoms with van der Waals surface area (Å²) >= 11 is 0. The summed E-state index contributed by atoms with van der Waals surface area (Å²) in [4.78, 5) is 38.3. The van der Waals surface area contributed by atoms with E-state index in [9.17, 15) is 14.4 Å². The van der Waals surface area contributed by atoms with Crippen molar-refractivity contribution in [2.45, 2.75) is 271 Å². The molecule has 0 amide bonds. The minimum absolute atomic E-state index is 0.115. The number of hydrogen-bond acceptors (Lipinski definition) is 6. The molecule has 0 aliphatic carbocycles. The Labute approximate surface area is 486 Å². The molecule has 0 saturated heterocycles. The molecule has 0 fully saturated rings. The van der Waals surface area contributed by atoms with Gasteiger partial charge in [0, 0.05) is 19.3 Å². The Kier molecular flexibility index (Phi) is 61.4. The standard InChI is InChI=1S/C73H116O6/c1-4-7-10-13-16-19-22-25-27-29-31-33-34-35-36-37-38-40-41-43-45-48-51-54-57-60-63-66-72(75)78-69-70(68-77-71(74)65-62-59-56-53-50-47-24-21-18-15-12-9-6-3)79-73(76)67-64-61-58-55-52-49-46-44-42-39-32-30-28-26-23-20-17-14-11-8-5-2/h7,9-10,12,16,18-19,21,23,25-27,30-33,35-36,38,40,43,45,47,50-51,54,70H,4-6,8,11,13-15,17,20,22,24,28-29,34,37,39,41-42,44,46,48-49,52-53,55-69H2,1-3H3/b10-7-,12-9-,19-16-,21-18-,26-23-,27-25-,32-30-,33-31-,36-35-,40-38-,45-43-,50-47-,54-51-. The fourth-order valence-corrected chi connectivity index (χ4v) is 8.27. The van der Waals surface area contributed by atoms with Gasteiger partial charge in [-0.05, 0) is 148 Å². The smallest absolute Gasteiger partial charge is 0.306 e. The Hall–Kier alpha value is -4.97. The zero-order valence-corrected chi connectivity index (χ0v) is 50.8. The van der Waals surface area contributed by atoms with Gasteiger partial charge < -0.3 is 14.2 Å². The Balaban J connectivity index is 4.47. The van der Waals surface area contributed by atoms with Crippen LogP contribution in [-0.2, 0) is 28.6 Å². The first kappa shape index (κ1) is 74.0. The largest absolute Gasteiger partial charge is 0.462 e. The molecule has 444 valence electrons. The molecule has 0 saturated carbocycles. The lowest BCUT2D eigenvalue weighted by atomic mass is 10.1. The third-order valence-electron chi connectivity index (χ3n) is 13.0. The van der Waals surface area contributed by atoms with Gasteiger partial charge >= 0.3 is 17.9 Å². The summed E-state index contributed by atoms with van der Waals surface area (Å²) in [5, 5.41) is 0. The number of allylic oxidation sites excluding steroid dienone is 26. The van der Waals surface area contributed by atoms with Crippen molar-refractivity contribution in [3.8, 4) is 0 Å². The van der Waals surface area contributed by atoms with E-state index in [0.29, 0.717) is 19.3 Å². The molecule has 0 spiro atoms. The summed E-state index contributed by atoms with van der Waals surface area (Å²) < 4.78 is 16.8. The van der Waals surface area contributed by atoms with E-state index in [4.69, 9.17) is 14.2 Å². The van der Waals surface area contributed by atoms with E-state index in [1.54, 1.807) is 0 Å². The fourth-order valence-electron chi connectivity index (χ4n) is 8.27. The highest BCUT2D eigenvalue weighted by molar-refractivity contribution is 5.71. The maximum Gasteiger partial charge on any atom is 0.306 e. The average molecular weight is 1090 g/mol. The molecular formula is C73H116O6. The van der Waals surface area contributed by atoms with Crippen LogP contribution in [0.5, 0.6) is 0 Å². The van der Waals surface area contributed by atoms with E-state index in [2.05, 4.69) is 179 Å². The van der Waals surface area contributed by atoms with Crippen molar-refractivity contribution in [2.24, 2.45) is 0 Å². The number of esters is 3. The molecule has 0 aromatic carbocycles. The SMILES string of the molecule is CC/C=C\C/C=C\C/C=C\C/C=C\C/C=C\C/C=C\C/C=C\C/C=C\CCCCC(=O)OCC(COC(=O)CCCCC/C=C\C/C=C\C/C=C\CC)OC(=O)CCCCCCCCCCC/C=C\C/C=C\CCCCCCC. The van der Waals surface area contributed by atoms with Crippen LogP contribution in [-0.4, -0.2) is 37.2 Å². The molecule has 0 aromatic rings. The summed E-state index contributed by atoms with van der Waals surface area (Å²) in [5.41, 5.74) is 0. The molecule has 0 aliphatic rings. The molecular weight excluding hydrogens is 973 g/mol. The van der Waals surface area contributed by atoms with Crippen LogP contribution in [0.3, 0.4) is 0 Å². The highest BCUT2D eigenvalue weighted by Crippen LogP contribution is 2.14. The molecule has 1 unspecified atom stereocenters. The summed E-state index contributed by atoms with van der Waals surface area (Å²) in [6.07, 6.45) is 95.4. The monoisotopic (exact) mass is 1090 g/mol. The first-order chi connectivity index (χ1) is 39.0. The van der Waals surface area contributed by atoms with Gasteiger partial charge in [0.2, 0.25) is 0 Å². The minimum atomic E-state index is -0.820. The van der Waals surface area contributed by atoms with Crippen LogP contribution in [0.2, 0.25) is 0 Å². The van der Waals surface area contributed by atoms with Crippen LogP contribution in [0.1, 0.15) is 265 Å². The van der Waals surface area contributed by atoms with Crippen LogP contribution < -0.4 is 0 Å². The Morgan fingerprint density at radius 1 is 0.266 bits per heavy atom. The van der Waals surface area contributed by atoms with Crippen LogP contribution >= 0.6 is 0 Å². The van der Waals surface area contributed by atoms with Crippen molar-refractivity contribution in [2.75, 3.05) is 13.2 Å². The molecule has 6 heteroatoms. The summed E-state index contributed by atoms with van der Waals surface area (Å²) in [7, 11) is 0. The number of rotatable bonds is 56. The van der Waals surface area contributed by atoms with Crippen molar-refractivity contribution >= 4 is 17.9 Å². The Morgan fingerprint density at radius 2 is 0.494 bits per heavy atom. The van der Waals surface area contributed by atoms with Crippen molar-refractivity contribution in [3.05, 3.63) is 158 Å². The van der Waals surface area contributed by atoms with Crippen LogP contribution in [0.15, 0.2) is 158 Å². The predicted molar refractivity (Wildman–Crippen MR) is 343 cm³/mol. The Morgan fingerprint density at radius 3 is 0.810 bits per heavy atom. The van der Waals surface area contributed by atoms with E-state index >= 15 is 0 Å². The van der Waals surface area contributed by atoms with E-state index in [-0.39, 0.29) is 37.5 Å². The van der Waals surface area contributed by atoms with E-state index in [0.717, 1.165) is 135 Å². The summed E-state index contributed by atoms with van der Waals surface area (Å²) in [5.74, 6) is -0.994. The molecule has 0 N–H and O–H groups in total. The molecule has 0 bridgehead atoms. The molecule has 1 atom stereocenters. The molecule has 0 aliphatic heterocycles. The molecule has 79 heavy (non-hydrogen) atoms. The van der Waals surface area contributed by atoms with Crippen molar-refractivity contribution in [3.63, 3.8) is 0 Å². The van der Waals surface area contributed by atoms with E-state index in [1.807, 2.05) is 0 Å². The maximum absolute atomic E-state index is 12.9. The second-order valence-corrected chi connectivity index (χ2v) is 20.5. The molecule has 0 radical (unpaired) electrons. The third kappa shape index (κ3) is 63.7. The lowest BCUT2D eigenvalue weighted by molar-refractivity contribution is -0.167. The van der Waals surface area contributed by atoms with Gasteiger partial charge in [0.1, 0.15) is 13.2 Å². The first-order valence-electron chi connectivity index (χ1n) is 32.0. The molecule has 0 rings (SSSR count). The molecule has 0 heterocycles. The van der Waals surface area contributed by atoms with Gasteiger partial charge in [-0.15, -0.1) is 0 Å². The normalized spacial score (nSPS) is 13.2. The van der Waals surface area contributed by atoms with E-state index in [1.165, 1.54) is 83.5 Å². The second kappa shape index (κ2) is 65.5. The van der Waals surface area contributed by atoms with Gasteiger partial charge in [0.25, 0.3) is 0 Å². The lowest BCUT2D eigenvalue weighted by Gasteiger charge is -2.18. The first-order valence-corrected chi connectivity index (χ1v) is 32.0. The van der Waals surface area contributed by atoms with E-state index < -0.39 is 6.10 Å². The molecule has 6 nitrogen and oxygen atoms in total. The van der Waals surface area contributed by atoms with Gasteiger partial charge in [0.05, 0.1) is 0 Å². The summed E-state index contributed by atoms with van der Waals surface area (Å²) in [6, 6.07) is 0. The van der Waals surface area contributed by atoms with Gasteiger partial charge in [-0.3, -0.25) is 14.4 Å². The highest BCUT2D eigenvalue weighted by Gasteiger charge is 2.19. The lowest BCUT2D eigenvalue weighted by Crippen LogP contribution is -2.30. The number of carbonyl (C=O) groups excluding carboxylic acids is 3.